The van der Waals surface area contributed by atoms with Crippen molar-refractivity contribution in [3.8, 4) is 0 Å². The van der Waals surface area contributed by atoms with Gasteiger partial charge in [-0.1, -0.05) is 73.6 Å². The van der Waals surface area contributed by atoms with E-state index in [1.165, 1.54) is 11.8 Å². The van der Waals surface area contributed by atoms with Crippen LogP contribution in [-0.4, -0.2) is 10.9 Å². The first-order valence-electron chi connectivity index (χ1n) is 11.3. The first-order chi connectivity index (χ1) is 14.4. The van der Waals surface area contributed by atoms with Gasteiger partial charge in [-0.2, -0.15) is 0 Å². The van der Waals surface area contributed by atoms with Crippen LogP contribution in [-0.2, 0) is 10.8 Å². The average molecular weight is 423 g/mol. The van der Waals surface area contributed by atoms with Crippen molar-refractivity contribution in [3.05, 3.63) is 61.4 Å². The molecule has 3 rings (SSSR count). The molecular formula is C27H38N2O2. The predicted molar refractivity (Wildman–Crippen MR) is 132 cm³/mol. The Bertz CT molecular complexity index is 1140. The monoisotopic (exact) mass is 422 g/mol. The summed E-state index contributed by atoms with van der Waals surface area (Å²) < 4.78 is 0. The molecule has 31 heavy (non-hydrogen) atoms. The van der Waals surface area contributed by atoms with Crippen molar-refractivity contribution in [2.75, 3.05) is 5.32 Å². The van der Waals surface area contributed by atoms with Crippen LogP contribution in [0.1, 0.15) is 95.3 Å². The average Bonchev–Trinajstić information content (AvgIpc) is 2.68. The van der Waals surface area contributed by atoms with E-state index >= 15 is 0 Å². The first-order valence-corrected chi connectivity index (χ1v) is 11.3. The molecule has 1 amide bonds. The highest BCUT2D eigenvalue weighted by Gasteiger charge is 2.25. The molecule has 0 bridgehead atoms. The molecule has 1 aliphatic rings. The van der Waals surface area contributed by atoms with Crippen LogP contribution in [0.4, 0.5) is 5.69 Å². The van der Waals surface area contributed by atoms with Crippen molar-refractivity contribution in [3.63, 3.8) is 0 Å². The summed E-state index contributed by atoms with van der Waals surface area (Å²) in [6, 6.07) is 4.23. The summed E-state index contributed by atoms with van der Waals surface area (Å²) >= 11 is 0. The zero-order valence-corrected chi connectivity index (χ0v) is 20.6. The van der Waals surface area contributed by atoms with Gasteiger partial charge in [-0.15, -0.1) is 0 Å². The largest absolute Gasteiger partial charge is 0.360 e. The lowest BCUT2D eigenvalue weighted by atomic mass is 9.78. The summed E-state index contributed by atoms with van der Waals surface area (Å²) in [6.45, 7) is 19.1. The number of carbonyl (C=O) groups excluding carboxylic acids is 1. The zero-order chi connectivity index (χ0) is 23.6. The number of carbonyl (C=O) groups is 1. The van der Waals surface area contributed by atoms with E-state index in [9.17, 15) is 9.59 Å². The van der Waals surface area contributed by atoms with E-state index in [0.717, 1.165) is 35.0 Å². The van der Waals surface area contributed by atoms with E-state index < -0.39 is 0 Å². The predicted octanol–water partition coefficient (Wildman–Crippen LogP) is 4.91. The summed E-state index contributed by atoms with van der Waals surface area (Å²) in [5.74, 6) is -0.374. The summed E-state index contributed by atoms with van der Waals surface area (Å²) in [5.41, 5.74) is 4.01. The third kappa shape index (κ3) is 5.36. The Kier molecular flexibility index (Phi) is 7.36. The number of hydrogen-bond donors (Lipinski definition) is 2. The Morgan fingerprint density at radius 3 is 2.10 bits per heavy atom. The molecule has 4 heteroatoms. The third-order valence-corrected chi connectivity index (χ3v) is 5.49. The minimum atomic E-state index is -0.374. The molecule has 1 heterocycles. The fraction of sp³-hybridized carbons (Fsp3) is 0.481. The van der Waals surface area contributed by atoms with Gasteiger partial charge in [0.1, 0.15) is 5.56 Å². The molecule has 0 saturated heterocycles. The van der Waals surface area contributed by atoms with Crippen LogP contribution in [0.2, 0.25) is 0 Å². The smallest absolute Gasteiger partial charge is 0.261 e. The normalized spacial score (nSPS) is 13.2. The van der Waals surface area contributed by atoms with Gasteiger partial charge < -0.3 is 10.3 Å². The minimum Gasteiger partial charge on any atom is -0.360 e. The van der Waals surface area contributed by atoms with E-state index in [4.69, 9.17) is 0 Å². The van der Waals surface area contributed by atoms with E-state index in [1.807, 2.05) is 32.1 Å². The molecule has 4 nitrogen and oxygen atoms in total. The lowest BCUT2D eigenvalue weighted by Crippen LogP contribution is -2.45. The van der Waals surface area contributed by atoms with E-state index in [0.29, 0.717) is 5.22 Å². The number of anilines is 1. The second-order valence-electron chi connectivity index (χ2n) is 10.0. The van der Waals surface area contributed by atoms with Crippen molar-refractivity contribution >= 4 is 23.7 Å². The van der Waals surface area contributed by atoms with Gasteiger partial charge in [0.2, 0.25) is 5.43 Å². The molecule has 0 saturated carbocycles. The number of hydrogen-bond acceptors (Lipinski definition) is 2. The number of fused-ring (bicyclic) bond motifs is 1. The van der Waals surface area contributed by atoms with Gasteiger partial charge in [-0.25, -0.2) is 0 Å². The van der Waals surface area contributed by atoms with Gasteiger partial charge in [0.15, 0.2) is 0 Å². The maximum absolute atomic E-state index is 13.0. The number of aromatic amines is 1. The Labute approximate surface area is 186 Å². The van der Waals surface area contributed by atoms with Gasteiger partial charge in [-0.3, -0.25) is 9.59 Å². The molecule has 1 aromatic carbocycles. The molecule has 0 fully saturated rings. The standard InChI is InChI=1S/C25H32N2O2.C2H6/c1-15-12-21(19(25(5,6)7)13-18(15)24(2,3)4)27-23(29)17-14-26-20-11-9-8-10-16(20)22(17)28;1-2/h10-14,26H,8-9H2,1-7H3,(H,27,29);1-2H3. The topological polar surface area (TPSA) is 62.0 Å². The summed E-state index contributed by atoms with van der Waals surface area (Å²) in [6.07, 6.45) is 7.17. The maximum Gasteiger partial charge on any atom is 0.261 e. The molecule has 0 spiro atoms. The van der Waals surface area contributed by atoms with Crippen molar-refractivity contribution in [2.45, 2.75) is 86.0 Å². The van der Waals surface area contributed by atoms with Crippen LogP contribution < -0.4 is 21.3 Å². The Balaban J connectivity index is 0.00000166. The highest BCUT2D eigenvalue weighted by molar-refractivity contribution is 6.04. The molecular weight excluding hydrogens is 384 g/mol. The van der Waals surface area contributed by atoms with Crippen molar-refractivity contribution in [2.24, 2.45) is 0 Å². The number of rotatable bonds is 2. The summed E-state index contributed by atoms with van der Waals surface area (Å²) in [7, 11) is 0. The number of aromatic nitrogens is 1. The van der Waals surface area contributed by atoms with Crippen LogP contribution >= 0.6 is 0 Å². The molecule has 168 valence electrons. The van der Waals surface area contributed by atoms with E-state index in [1.54, 1.807) is 0 Å². The number of amides is 1. The summed E-state index contributed by atoms with van der Waals surface area (Å²) in [4.78, 5) is 29.0. The molecule has 2 N–H and O–H groups in total. The number of aryl methyl sites for hydroxylation is 1. The van der Waals surface area contributed by atoms with Gasteiger partial charge in [-0.05, 0) is 53.4 Å². The number of H-pyrrole nitrogens is 1. The van der Waals surface area contributed by atoms with Crippen molar-refractivity contribution in [1.29, 1.82) is 0 Å². The Morgan fingerprint density at radius 2 is 1.52 bits per heavy atom. The molecule has 0 aliphatic heterocycles. The molecule has 2 aromatic rings. The molecule has 1 aliphatic carbocycles. The number of benzene rings is 1. The molecule has 0 radical (unpaired) electrons. The number of nitrogens with one attached hydrogen (secondary N) is 2. The van der Waals surface area contributed by atoms with Crippen LogP contribution in [0, 0.1) is 6.92 Å². The van der Waals surface area contributed by atoms with Gasteiger partial charge in [0, 0.05) is 22.5 Å². The minimum absolute atomic E-state index is 0.00853. The fourth-order valence-corrected chi connectivity index (χ4v) is 3.99. The SMILES string of the molecule is CC.Cc1cc(NC(=O)c2c[nH]c3c(c2=O)=CCCC=3)c(C(C)(C)C)cc1C(C)(C)C. The second-order valence-corrected chi connectivity index (χ2v) is 10.0. The highest BCUT2D eigenvalue weighted by Crippen LogP contribution is 2.36. The van der Waals surface area contributed by atoms with E-state index in [-0.39, 0.29) is 27.7 Å². The Hall–Kier alpha value is -2.62. The maximum atomic E-state index is 13.0. The van der Waals surface area contributed by atoms with Gasteiger partial charge >= 0.3 is 0 Å². The van der Waals surface area contributed by atoms with Crippen LogP contribution in [0.3, 0.4) is 0 Å². The van der Waals surface area contributed by atoms with Crippen LogP contribution in [0.15, 0.2) is 23.1 Å². The van der Waals surface area contributed by atoms with Crippen LogP contribution in [0.25, 0.3) is 12.2 Å². The molecule has 0 unspecified atom stereocenters. The van der Waals surface area contributed by atoms with E-state index in [2.05, 4.69) is 64.8 Å². The molecule has 0 atom stereocenters. The lowest BCUT2D eigenvalue weighted by molar-refractivity contribution is 0.102. The third-order valence-electron chi connectivity index (χ3n) is 5.49. The Morgan fingerprint density at radius 1 is 0.935 bits per heavy atom. The second kappa shape index (κ2) is 9.25. The van der Waals surface area contributed by atoms with Gasteiger partial charge in [0.25, 0.3) is 5.91 Å². The van der Waals surface area contributed by atoms with Crippen LogP contribution in [0.5, 0.6) is 0 Å². The highest BCUT2D eigenvalue weighted by atomic mass is 16.2. The zero-order valence-electron chi connectivity index (χ0n) is 20.6. The first kappa shape index (κ1) is 24.6. The van der Waals surface area contributed by atoms with Crippen molar-refractivity contribution in [1.82, 2.24) is 4.98 Å². The lowest BCUT2D eigenvalue weighted by Gasteiger charge is -2.29. The quantitative estimate of drug-likeness (QED) is 0.722. The van der Waals surface area contributed by atoms with Crippen molar-refractivity contribution < 1.29 is 4.79 Å². The number of pyridine rings is 1. The summed E-state index contributed by atoms with van der Waals surface area (Å²) in [5, 5.41) is 4.42. The van der Waals surface area contributed by atoms with Gasteiger partial charge in [0.05, 0.1) is 0 Å². The fourth-order valence-electron chi connectivity index (χ4n) is 3.99. The molecule has 1 aromatic heterocycles.